The molecular formula is C14H24N4S. The Balaban J connectivity index is 2.07. The average molecular weight is 280 g/mol. The number of piperidine rings is 1. The van der Waals surface area contributed by atoms with E-state index in [9.17, 15) is 0 Å². The van der Waals surface area contributed by atoms with Gasteiger partial charge in [0.05, 0.1) is 0 Å². The van der Waals surface area contributed by atoms with Crippen molar-refractivity contribution in [1.29, 1.82) is 0 Å². The van der Waals surface area contributed by atoms with E-state index in [1.165, 1.54) is 0 Å². The summed E-state index contributed by atoms with van der Waals surface area (Å²) in [7, 11) is 0. The van der Waals surface area contributed by atoms with Gasteiger partial charge < -0.3 is 10.6 Å². The zero-order valence-corrected chi connectivity index (χ0v) is 12.9. The van der Waals surface area contributed by atoms with E-state index in [-0.39, 0.29) is 4.75 Å². The zero-order valence-electron chi connectivity index (χ0n) is 12.1. The third-order valence-electron chi connectivity index (χ3n) is 4.07. The highest BCUT2D eigenvalue weighted by atomic mass is 32.2. The first-order valence-corrected chi connectivity index (χ1v) is 8.15. The van der Waals surface area contributed by atoms with E-state index in [0.29, 0.717) is 5.92 Å². The summed E-state index contributed by atoms with van der Waals surface area (Å²) in [5, 5.41) is 0. The van der Waals surface area contributed by atoms with Crippen LogP contribution in [0.4, 0.5) is 5.82 Å². The molecule has 2 rings (SSSR count). The molecule has 0 amide bonds. The number of rotatable bonds is 4. The lowest BCUT2D eigenvalue weighted by molar-refractivity contribution is 0.455. The van der Waals surface area contributed by atoms with Crippen molar-refractivity contribution < 1.29 is 0 Å². The minimum absolute atomic E-state index is 0.268. The maximum absolute atomic E-state index is 5.93. The molecule has 0 aliphatic carbocycles. The average Bonchev–Trinajstić information content (AvgIpc) is 2.47. The van der Waals surface area contributed by atoms with Gasteiger partial charge in [-0.1, -0.05) is 13.8 Å². The van der Waals surface area contributed by atoms with Crippen molar-refractivity contribution >= 4 is 17.6 Å². The van der Waals surface area contributed by atoms with Crippen molar-refractivity contribution in [3.05, 3.63) is 18.1 Å². The molecule has 1 aromatic heterocycles. The van der Waals surface area contributed by atoms with E-state index in [4.69, 9.17) is 5.73 Å². The first kappa shape index (κ1) is 14.6. The third kappa shape index (κ3) is 3.20. The molecule has 5 heteroatoms. The second kappa shape index (κ2) is 6.09. The smallest absolute Gasteiger partial charge is 0.132 e. The molecule has 0 radical (unpaired) electrons. The lowest BCUT2D eigenvalue weighted by Crippen LogP contribution is -2.46. The van der Waals surface area contributed by atoms with Gasteiger partial charge in [0.2, 0.25) is 0 Å². The number of anilines is 1. The topological polar surface area (TPSA) is 55.0 Å². The van der Waals surface area contributed by atoms with E-state index in [2.05, 4.69) is 41.0 Å². The van der Waals surface area contributed by atoms with Crippen molar-refractivity contribution in [2.75, 3.05) is 30.8 Å². The molecule has 106 valence electrons. The van der Waals surface area contributed by atoms with Crippen LogP contribution in [0.2, 0.25) is 0 Å². The fraction of sp³-hybridized carbons (Fsp3) is 0.714. The quantitative estimate of drug-likeness (QED) is 0.917. The predicted molar refractivity (Wildman–Crippen MR) is 82.9 cm³/mol. The molecule has 19 heavy (non-hydrogen) atoms. The molecule has 0 spiro atoms. The van der Waals surface area contributed by atoms with Crippen LogP contribution in [0.15, 0.2) is 12.4 Å². The first-order valence-electron chi connectivity index (χ1n) is 6.92. The second-order valence-electron chi connectivity index (χ2n) is 5.53. The SMILES string of the molecule is CSC1(CN)CCN(c2cc(C(C)C)ncn2)CC1. The van der Waals surface area contributed by atoms with Crippen LogP contribution < -0.4 is 10.6 Å². The molecule has 1 aliphatic heterocycles. The van der Waals surface area contributed by atoms with Crippen LogP contribution in [0.25, 0.3) is 0 Å². The summed E-state index contributed by atoms with van der Waals surface area (Å²) in [6.45, 7) is 7.16. The Kier molecular flexibility index (Phi) is 4.68. The van der Waals surface area contributed by atoms with E-state index in [1.807, 2.05) is 11.8 Å². The van der Waals surface area contributed by atoms with Crippen molar-refractivity contribution in [3.63, 3.8) is 0 Å². The molecule has 0 saturated carbocycles. The van der Waals surface area contributed by atoms with Gasteiger partial charge in [0.1, 0.15) is 12.1 Å². The Morgan fingerprint density at radius 3 is 2.58 bits per heavy atom. The fourth-order valence-electron chi connectivity index (χ4n) is 2.49. The largest absolute Gasteiger partial charge is 0.356 e. The molecule has 1 aliphatic rings. The molecule has 4 nitrogen and oxygen atoms in total. The lowest BCUT2D eigenvalue weighted by Gasteiger charge is -2.40. The van der Waals surface area contributed by atoms with Crippen LogP contribution >= 0.6 is 11.8 Å². The molecule has 1 saturated heterocycles. The predicted octanol–water partition coefficient (Wildman–Crippen LogP) is 2.26. The maximum atomic E-state index is 5.93. The fourth-order valence-corrected chi connectivity index (χ4v) is 3.24. The van der Waals surface area contributed by atoms with Gasteiger partial charge in [-0.05, 0) is 25.0 Å². The first-order chi connectivity index (χ1) is 9.10. The van der Waals surface area contributed by atoms with Gasteiger partial charge in [0, 0.05) is 36.1 Å². The summed E-state index contributed by atoms with van der Waals surface area (Å²) in [4.78, 5) is 11.1. The maximum Gasteiger partial charge on any atom is 0.132 e. The summed E-state index contributed by atoms with van der Waals surface area (Å²) in [5.74, 6) is 1.51. The van der Waals surface area contributed by atoms with Crippen LogP contribution in [0.5, 0.6) is 0 Å². The molecule has 2 heterocycles. The Hall–Kier alpha value is -0.810. The van der Waals surface area contributed by atoms with E-state index in [0.717, 1.165) is 44.0 Å². The second-order valence-corrected chi connectivity index (χ2v) is 6.81. The molecule has 0 atom stereocenters. The summed E-state index contributed by atoms with van der Waals surface area (Å²) < 4.78 is 0.268. The third-order valence-corrected chi connectivity index (χ3v) is 5.51. The molecule has 1 fully saturated rings. The van der Waals surface area contributed by atoms with Crippen molar-refractivity contribution in [2.45, 2.75) is 37.4 Å². The molecule has 0 aromatic carbocycles. The summed E-state index contributed by atoms with van der Waals surface area (Å²) in [6, 6.07) is 2.12. The highest BCUT2D eigenvalue weighted by molar-refractivity contribution is 8.00. The lowest BCUT2D eigenvalue weighted by atomic mass is 9.95. The van der Waals surface area contributed by atoms with Gasteiger partial charge in [0.15, 0.2) is 0 Å². The number of thioether (sulfide) groups is 1. The number of aromatic nitrogens is 2. The highest BCUT2D eigenvalue weighted by Crippen LogP contribution is 2.34. The van der Waals surface area contributed by atoms with Gasteiger partial charge in [0.25, 0.3) is 0 Å². The van der Waals surface area contributed by atoms with Crippen LogP contribution in [0, 0.1) is 0 Å². The minimum Gasteiger partial charge on any atom is -0.356 e. The number of nitrogens with two attached hydrogens (primary N) is 1. The van der Waals surface area contributed by atoms with Crippen molar-refractivity contribution in [1.82, 2.24) is 9.97 Å². The number of hydrogen-bond donors (Lipinski definition) is 1. The van der Waals surface area contributed by atoms with Crippen LogP contribution in [0.1, 0.15) is 38.3 Å². The molecular weight excluding hydrogens is 256 g/mol. The standard InChI is InChI=1S/C14H24N4S/c1-11(2)12-8-13(17-10-16-12)18-6-4-14(9-15,19-3)5-7-18/h8,10-11H,4-7,9,15H2,1-3H3. The normalized spacial score (nSPS) is 18.9. The summed E-state index contributed by atoms with van der Waals surface area (Å²) in [6.07, 6.45) is 6.12. The summed E-state index contributed by atoms with van der Waals surface area (Å²) >= 11 is 1.91. The Labute approximate surface area is 120 Å². The minimum atomic E-state index is 0.268. The van der Waals surface area contributed by atoms with Gasteiger partial charge in [-0.15, -0.1) is 0 Å². The summed E-state index contributed by atoms with van der Waals surface area (Å²) in [5.41, 5.74) is 7.05. The molecule has 2 N–H and O–H groups in total. The van der Waals surface area contributed by atoms with Gasteiger partial charge in [-0.25, -0.2) is 9.97 Å². The van der Waals surface area contributed by atoms with Crippen LogP contribution in [-0.2, 0) is 0 Å². The zero-order chi connectivity index (χ0) is 13.9. The molecule has 0 bridgehead atoms. The van der Waals surface area contributed by atoms with Crippen molar-refractivity contribution in [3.8, 4) is 0 Å². The van der Waals surface area contributed by atoms with Crippen LogP contribution in [-0.4, -0.2) is 40.6 Å². The Morgan fingerprint density at radius 2 is 2.05 bits per heavy atom. The van der Waals surface area contributed by atoms with E-state index >= 15 is 0 Å². The highest BCUT2D eigenvalue weighted by Gasteiger charge is 2.32. The van der Waals surface area contributed by atoms with E-state index in [1.54, 1.807) is 6.33 Å². The van der Waals surface area contributed by atoms with E-state index < -0.39 is 0 Å². The molecule has 1 aromatic rings. The van der Waals surface area contributed by atoms with Crippen molar-refractivity contribution in [2.24, 2.45) is 5.73 Å². The van der Waals surface area contributed by atoms with Crippen LogP contribution in [0.3, 0.4) is 0 Å². The monoisotopic (exact) mass is 280 g/mol. The number of hydrogen-bond acceptors (Lipinski definition) is 5. The van der Waals surface area contributed by atoms with Gasteiger partial charge >= 0.3 is 0 Å². The van der Waals surface area contributed by atoms with Gasteiger partial charge in [-0.2, -0.15) is 11.8 Å². The molecule has 0 unspecified atom stereocenters. The Bertz CT molecular complexity index is 408. The number of nitrogens with zero attached hydrogens (tertiary/aromatic N) is 3. The van der Waals surface area contributed by atoms with Gasteiger partial charge in [-0.3, -0.25) is 0 Å². The Morgan fingerprint density at radius 1 is 1.37 bits per heavy atom.